The number of hydrogen-bond acceptors (Lipinski definition) is 8. The van der Waals surface area contributed by atoms with Gasteiger partial charge in [0.15, 0.2) is 11.6 Å². The lowest BCUT2D eigenvalue weighted by Crippen LogP contribution is -2.46. The average molecular weight is 478 g/mol. The number of benzene rings is 1. The van der Waals surface area contributed by atoms with Crippen LogP contribution < -0.4 is 10.2 Å². The highest BCUT2D eigenvalue weighted by Crippen LogP contribution is 2.36. The number of piperazine rings is 1. The maximum Gasteiger partial charge on any atom is 0.223 e. The van der Waals surface area contributed by atoms with E-state index in [1.165, 1.54) is 4.88 Å². The molecule has 4 aromatic rings. The fourth-order valence-electron chi connectivity index (χ4n) is 4.66. The van der Waals surface area contributed by atoms with Crippen LogP contribution in [-0.4, -0.2) is 83.5 Å². The van der Waals surface area contributed by atoms with Crippen LogP contribution in [0, 0.1) is 0 Å². The van der Waals surface area contributed by atoms with Crippen molar-refractivity contribution in [2.24, 2.45) is 0 Å². The number of nitrogens with zero attached hydrogens (tertiary/aromatic N) is 5. The van der Waals surface area contributed by atoms with E-state index in [1.807, 2.05) is 29.3 Å². The molecule has 0 spiro atoms. The molecule has 176 valence electrons. The first-order chi connectivity index (χ1) is 16.8. The Morgan fingerprint density at radius 1 is 1.12 bits per heavy atom. The zero-order chi connectivity index (χ0) is 22.9. The molecule has 6 rings (SSSR count). The van der Waals surface area contributed by atoms with Crippen LogP contribution in [0.15, 0.2) is 30.5 Å². The lowest BCUT2D eigenvalue weighted by atomic mass is 10.1. The first-order valence-corrected chi connectivity index (χ1v) is 12.6. The minimum atomic E-state index is 0.228. The van der Waals surface area contributed by atoms with Gasteiger partial charge in [-0.1, -0.05) is 12.1 Å². The Labute approximate surface area is 201 Å². The van der Waals surface area contributed by atoms with E-state index in [0.29, 0.717) is 25.5 Å². The SMILES string of the molecule is O=C(CCc1cc2nc(-c3cccc4[nH]ncc34)nc(N3CCOCC3)c2s1)N1CCNCC1. The van der Waals surface area contributed by atoms with Crippen molar-refractivity contribution in [2.75, 3.05) is 57.4 Å². The molecule has 2 fully saturated rings. The Kier molecular flexibility index (Phi) is 5.86. The molecule has 2 N–H and O–H groups in total. The van der Waals surface area contributed by atoms with Gasteiger partial charge in [-0.25, -0.2) is 9.97 Å². The van der Waals surface area contributed by atoms with Crippen LogP contribution in [-0.2, 0) is 16.0 Å². The Morgan fingerprint density at radius 3 is 2.82 bits per heavy atom. The number of thiophene rings is 1. The molecular formula is C24H27N7O2S. The Balaban J connectivity index is 1.35. The number of fused-ring (bicyclic) bond motifs is 2. The summed E-state index contributed by atoms with van der Waals surface area (Å²) in [4.78, 5) is 28.1. The summed E-state index contributed by atoms with van der Waals surface area (Å²) in [6.07, 6.45) is 3.07. The zero-order valence-electron chi connectivity index (χ0n) is 18.9. The van der Waals surface area contributed by atoms with E-state index >= 15 is 0 Å². The highest BCUT2D eigenvalue weighted by molar-refractivity contribution is 7.19. The van der Waals surface area contributed by atoms with E-state index in [4.69, 9.17) is 14.7 Å². The summed E-state index contributed by atoms with van der Waals surface area (Å²) in [5.41, 5.74) is 2.86. The number of amides is 1. The van der Waals surface area contributed by atoms with Crippen LogP contribution in [0.3, 0.4) is 0 Å². The second-order valence-corrected chi connectivity index (χ2v) is 9.80. The Bertz CT molecular complexity index is 1320. The van der Waals surface area contributed by atoms with E-state index in [9.17, 15) is 4.79 Å². The molecule has 1 aromatic carbocycles. The van der Waals surface area contributed by atoms with Crippen LogP contribution in [0.4, 0.5) is 5.82 Å². The number of H-pyrrole nitrogens is 1. The molecule has 2 aliphatic heterocycles. The number of hydrogen-bond donors (Lipinski definition) is 2. The van der Waals surface area contributed by atoms with Crippen molar-refractivity contribution in [2.45, 2.75) is 12.8 Å². The number of anilines is 1. The van der Waals surface area contributed by atoms with Crippen LogP contribution in [0.5, 0.6) is 0 Å². The van der Waals surface area contributed by atoms with Crippen LogP contribution in [0.25, 0.3) is 32.5 Å². The lowest BCUT2D eigenvalue weighted by molar-refractivity contribution is -0.131. The number of carbonyl (C=O) groups excluding carboxylic acids is 1. The first kappa shape index (κ1) is 21.5. The second-order valence-electron chi connectivity index (χ2n) is 8.66. The molecule has 9 nitrogen and oxygen atoms in total. The molecule has 0 bridgehead atoms. The van der Waals surface area contributed by atoms with Gasteiger partial charge in [-0.15, -0.1) is 11.3 Å². The van der Waals surface area contributed by atoms with Gasteiger partial charge in [-0.3, -0.25) is 9.89 Å². The fourth-order valence-corrected chi connectivity index (χ4v) is 5.78. The minimum absolute atomic E-state index is 0.228. The summed E-state index contributed by atoms with van der Waals surface area (Å²) in [5, 5.41) is 11.5. The smallest absolute Gasteiger partial charge is 0.223 e. The van der Waals surface area contributed by atoms with Crippen LogP contribution in [0.2, 0.25) is 0 Å². The molecule has 5 heterocycles. The minimum Gasteiger partial charge on any atom is -0.378 e. The van der Waals surface area contributed by atoms with Gasteiger partial charge in [-0.2, -0.15) is 5.10 Å². The lowest BCUT2D eigenvalue weighted by Gasteiger charge is -2.28. The molecule has 2 aliphatic rings. The first-order valence-electron chi connectivity index (χ1n) is 11.8. The molecule has 0 unspecified atom stereocenters. The van der Waals surface area contributed by atoms with E-state index < -0.39 is 0 Å². The molecule has 0 aliphatic carbocycles. The van der Waals surface area contributed by atoms with Gasteiger partial charge in [-0.05, 0) is 18.6 Å². The highest BCUT2D eigenvalue weighted by atomic mass is 32.1. The zero-order valence-corrected chi connectivity index (χ0v) is 19.7. The van der Waals surface area contributed by atoms with Crippen molar-refractivity contribution in [1.29, 1.82) is 0 Å². The maximum atomic E-state index is 12.7. The van der Waals surface area contributed by atoms with Gasteiger partial charge in [0.1, 0.15) is 0 Å². The summed E-state index contributed by atoms with van der Waals surface area (Å²) in [6.45, 7) is 6.32. The third-order valence-electron chi connectivity index (χ3n) is 6.50. The van der Waals surface area contributed by atoms with Crippen molar-refractivity contribution in [3.63, 3.8) is 0 Å². The summed E-state index contributed by atoms with van der Waals surface area (Å²) >= 11 is 1.71. The molecule has 0 atom stereocenters. The second kappa shape index (κ2) is 9.28. The summed E-state index contributed by atoms with van der Waals surface area (Å²) in [6, 6.07) is 8.18. The Morgan fingerprint density at radius 2 is 1.97 bits per heavy atom. The normalized spacial score (nSPS) is 17.1. The van der Waals surface area contributed by atoms with Crippen molar-refractivity contribution in [1.82, 2.24) is 30.4 Å². The number of aromatic amines is 1. The average Bonchev–Trinajstić information content (AvgIpc) is 3.54. The predicted octanol–water partition coefficient (Wildman–Crippen LogP) is 2.44. The van der Waals surface area contributed by atoms with E-state index in [2.05, 4.69) is 26.5 Å². The van der Waals surface area contributed by atoms with Crippen molar-refractivity contribution in [3.8, 4) is 11.4 Å². The van der Waals surface area contributed by atoms with Crippen molar-refractivity contribution >= 4 is 44.2 Å². The van der Waals surface area contributed by atoms with Gasteiger partial charge < -0.3 is 19.9 Å². The number of morpholine rings is 1. The van der Waals surface area contributed by atoms with Gasteiger partial charge in [0, 0.05) is 61.5 Å². The number of ether oxygens (including phenoxy) is 1. The monoisotopic (exact) mass is 477 g/mol. The van der Waals surface area contributed by atoms with Crippen LogP contribution >= 0.6 is 11.3 Å². The van der Waals surface area contributed by atoms with Gasteiger partial charge in [0.05, 0.1) is 35.1 Å². The molecule has 10 heteroatoms. The highest BCUT2D eigenvalue weighted by Gasteiger charge is 2.22. The maximum absolute atomic E-state index is 12.7. The standard InChI is InChI=1S/C24H27N7O2S/c32-21(30-8-6-25-7-9-30)5-4-16-14-20-22(34-16)24(31-10-12-33-13-11-31)28-23(27-20)17-2-1-3-19-18(17)15-26-29-19/h1-3,14-15,25H,4-13H2,(H,26,29). The number of aryl methyl sites for hydroxylation is 1. The largest absolute Gasteiger partial charge is 0.378 e. The Hall–Kier alpha value is -3.08. The molecule has 34 heavy (non-hydrogen) atoms. The predicted molar refractivity (Wildman–Crippen MR) is 133 cm³/mol. The number of carbonyl (C=O) groups is 1. The fraction of sp³-hybridized carbons (Fsp3) is 0.417. The van der Waals surface area contributed by atoms with E-state index in [-0.39, 0.29) is 5.91 Å². The van der Waals surface area contributed by atoms with Crippen LogP contribution in [0.1, 0.15) is 11.3 Å². The topological polar surface area (TPSA) is 99.3 Å². The van der Waals surface area contributed by atoms with E-state index in [1.54, 1.807) is 11.3 Å². The summed E-state index contributed by atoms with van der Waals surface area (Å²) in [5.74, 6) is 1.88. The molecule has 0 radical (unpaired) electrons. The quantitative estimate of drug-likeness (QED) is 0.455. The van der Waals surface area contributed by atoms with Gasteiger partial charge in [0.25, 0.3) is 0 Å². The molecule has 3 aromatic heterocycles. The molecule has 0 saturated carbocycles. The molecular weight excluding hydrogens is 450 g/mol. The van der Waals surface area contributed by atoms with Crippen molar-refractivity contribution in [3.05, 3.63) is 35.3 Å². The van der Waals surface area contributed by atoms with Gasteiger partial charge >= 0.3 is 0 Å². The van der Waals surface area contributed by atoms with Gasteiger partial charge in [0.2, 0.25) is 5.91 Å². The molecule has 1 amide bonds. The summed E-state index contributed by atoms with van der Waals surface area (Å²) in [7, 11) is 0. The number of rotatable bonds is 5. The third kappa shape index (κ3) is 4.13. The summed E-state index contributed by atoms with van der Waals surface area (Å²) < 4.78 is 6.66. The van der Waals surface area contributed by atoms with Crippen molar-refractivity contribution < 1.29 is 9.53 Å². The van der Waals surface area contributed by atoms with E-state index in [0.717, 1.165) is 78.2 Å². The third-order valence-corrected chi connectivity index (χ3v) is 7.68. The number of nitrogens with one attached hydrogen (secondary N) is 2. The molecule has 2 saturated heterocycles. The number of aromatic nitrogens is 4.